The third-order valence-corrected chi connectivity index (χ3v) is 10.2. The van der Waals surface area contributed by atoms with Gasteiger partial charge in [0.15, 0.2) is 0 Å². The van der Waals surface area contributed by atoms with Gasteiger partial charge in [0.1, 0.15) is 6.10 Å². The second-order valence-corrected chi connectivity index (χ2v) is 16.0. The Labute approximate surface area is 332 Å². The maximum atomic E-state index is 12.6. The van der Waals surface area contributed by atoms with Crippen molar-refractivity contribution >= 4 is 13.8 Å². The Morgan fingerprint density at radius 3 is 1.56 bits per heavy atom. The van der Waals surface area contributed by atoms with E-state index in [2.05, 4.69) is 62.5 Å². The number of esters is 1. The first-order valence-corrected chi connectivity index (χ1v) is 23.6. The van der Waals surface area contributed by atoms with Crippen LogP contribution >= 0.6 is 7.82 Å². The first-order valence-electron chi connectivity index (χ1n) is 22.1. The molecule has 0 aliphatic carbocycles. The molecule has 0 radical (unpaired) electrons. The van der Waals surface area contributed by atoms with E-state index < -0.39 is 13.9 Å². The van der Waals surface area contributed by atoms with Crippen molar-refractivity contribution in [1.29, 1.82) is 0 Å². The van der Waals surface area contributed by atoms with Crippen molar-refractivity contribution in [2.24, 2.45) is 5.73 Å². The van der Waals surface area contributed by atoms with Crippen LogP contribution in [-0.2, 0) is 27.9 Å². The average Bonchev–Trinajstić information content (AvgIpc) is 3.16. The van der Waals surface area contributed by atoms with Crippen LogP contribution in [-0.4, -0.2) is 49.9 Å². The largest absolute Gasteiger partial charge is 0.472 e. The zero-order chi connectivity index (χ0) is 39.5. The average molecular weight is 782 g/mol. The van der Waals surface area contributed by atoms with E-state index in [0.717, 1.165) is 64.2 Å². The minimum atomic E-state index is -4.28. The molecule has 0 saturated heterocycles. The number of carbonyl (C=O) groups excluding carboxylic acids is 1. The first kappa shape index (κ1) is 52.5. The summed E-state index contributed by atoms with van der Waals surface area (Å²) in [6.45, 7) is 4.82. The maximum absolute atomic E-state index is 12.6. The molecule has 0 rings (SSSR count). The van der Waals surface area contributed by atoms with Gasteiger partial charge < -0.3 is 20.1 Å². The van der Waals surface area contributed by atoms with Crippen LogP contribution in [0.15, 0.2) is 48.6 Å². The zero-order valence-corrected chi connectivity index (χ0v) is 35.8. The van der Waals surface area contributed by atoms with E-state index in [9.17, 15) is 14.3 Å². The molecule has 0 amide bonds. The van der Waals surface area contributed by atoms with Crippen molar-refractivity contribution in [3.63, 3.8) is 0 Å². The Balaban J connectivity index is 4.02. The molecule has 0 bridgehead atoms. The molecule has 0 spiro atoms. The summed E-state index contributed by atoms with van der Waals surface area (Å²) in [5.41, 5.74) is 5.37. The fourth-order valence-corrected chi connectivity index (χ4v) is 6.81. The molecular formula is C45H84NO7P. The van der Waals surface area contributed by atoms with Gasteiger partial charge in [-0.25, -0.2) is 4.57 Å². The molecule has 0 saturated carbocycles. The Kier molecular flexibility index (Phi) is 41.4. The van der Waals surface area contributed by atoms with E-state index in [1.165, 1.54) is 109 Å². The summed E-state index contributed by atoms with van der Waals surface area (Å²) >= 11 is 0. The zero-order valence-electron chi connectivity index (χ0n) is 35.0. The maximum Gasteiger partial charge on any atom is 0.472 e. The first-order chi connectivity index (χ1) is 26.4. The summed E-state index contributed by atoms with van der Waals surface area (Å²) in [6.07, 6.45) is 49.8. The molecule has 0 aromatic heterocycles. The Morgan fingerprint density at radius 2 is 1.04 bits per heavy atom. The molecule has 0 aromatic carbocycles. The second kappa shape index (κ2) is 42.6. The molecule has 0 aliphatic heterocycles. The molecule has 2 atom stereocenters. The van der Waals surface area contributed by atoms with Crippen molar-refractivity contribution in [3.8, 4) is 0 Å². The van der Waals surface area contributed by atoms with E-state index in [1.54, 1.807) is 0 Å². The Morgan fingerprint density at radius 1 is 0.574 bits per heavy atom. The summed E-state index contributed by atoms with van der Waals surface area (Å²) in [6, 6.07) is 0. The fourth-order valence-electron chi connectivity index (χ4n) is 6.05. The van der Waals surface area contributed by atoms with E-state index in [1.807, 2.05) is 0 Å². The molecule has 0 aliphatic rings. The quantitative estimate of drug-likeness (QED) is 0.0272. The van der Waals surface area contributed by atoms with Gasteiger partial charge in [-0.1, -0.05) is 184 Å². The van der Waals surface area contributed by atoms with E-state index in [0.29, 0.717) is 13.0 Å². The molecule has 2 unspecified atom stereocenters. The van der Waals surface area contributed by atoms with Crippen LogP contribution in [0.2, 0.25) is 0 Å². The number of carbonyl (C=O) groups is 1. The second-order valence-electron chi connectivity index (χ2n) is 14.5. The van der Waals surface area contributed by atoms with Gasteiger partial charge in [0.05, 0.1) is 19.8 Å². The van der Waals surface area contributed by atoms with Gasteiger partial charge in [-0.05, 0) is 51.4 Å². The van der Waals surface area contributed by atoms with E-state index >= 15 is 0 Å². The SMILES string of the molecule is CC/C=C\C/C=C\C/C=C\C/C=C\CCCCCCCCCCC(=O)OC(COCCCCCCCCCCCCCCCC)COP(=O)(O)OCCN. The number of nitrogens with two attached hydrogens (primary N) is 1. The lowest BCUT2D eigenvalue weighted by Gasteiger charge is -2.20. The predicted octanol–water partition coefficient (Wildman–Crippen LogP) is 13.2. The summed E-state index contributed by atoms with van der Waals surface area (Å²) < 4.78 is 33.4. The van der Waals surface area contributed by atoms with Crippen LogP contribution in [0.3, 0.4) is 0 Å². The normalized spacial score (nSPS) is 13.9. The van der Waals surface area contributed by atoms with Crippen LogP contribution in [0.5, 0.6) is 0 Å². The highest BCUT2D eigenvalue weighted by atomic mass is 31.2. The molecule has 3 N–H and O–H groups in total. The molecule has 0 fully saturated rings. The van der Waals surface area contributed by atoms with Gasteiger partial charge in [0.2, 0.25) is 0 Å². The number of hydrogen-bond donors (Lipinski definition) is 2. The van der Waals surface area contributed by atoms with Crippen molar-refractivity contribution in [2.45, 2.75) is 200 Å². The highest BCUT2D eigenvalue weighted by Gasteiger charge is 2.25. The van der Waals surface area contributed by atoms with Crippen LogP contribution in [0, 0.1) is 0 Å². The van der Waals surface area contributed by atoms with Gasteiger partial charge in [-0.3, -0.25) is 13.8 Å². The van der Waals surface area contributed by atoms with Crippen LogP contribution in [0.1, 0.15) is 194 Å². The molecule has 54 heavy (non-hydrogen) atoms. The molecule has 0 heterocycles. The third-order valence-electron chi connectivity index (χ3n) is 9.26. The Hall–Kier alpha value is -1.54. The monoisotopic (exact) mass is 782 g/mol. The van der Waals surface area contributed by atoms with E-state index in [4.69, 9.17) is 24.3 Å². The van der Waals surface area contributed by atoms with Crippen LogP contribution < -0.4 is 5.73 Å². The number of hydrogen-bond acceptors (Lipinski definition) is 7. The molecule has 316 valence electrons. The van der Waals surface area contributed by atoms with Crippen LogP contribution in [0.4, 0.5) is 0 Å². The van der Waals surface area contributed by atoms with Gasteiger partial charge >= 0.3 is 13.8 Å². The predicted molar refractivity (Wildman–Crippen MR) is 229 cm³/mol. The number of ether oxygens (including phenoxy) is 2. The van der Waals surface area contributed by atoms with Crippen molar-refractivity contribution in [2.75, 3.05) is 33.0 Å². The minimum absolute atomic E-state index is 0.0973. The summed E-state index contributed by atoms with van der Waals surface area (Å²) in [5.74, 6) is -0.338. The number of phosphoric ester groups is 1. The lowest BCUT2D eigenvalue weighted by molar-refractivity contribution is -0.154. The number of unbranched alkanes of at least 4 members (excludes halogenated alkanes) is 21. The summed E-state index contributed by atoms with van der Waals surface area (Å²) in [4.78, 5) is 22.5. The van der Waals surface area contributed by atoms with Crippen molar-refractivity contribution in [1.82, 2.24) is 0 Å². The lowest BCUT2D eigenvalue weighted by Crippen LogP contribution is -2.28. The standard InChI is InChI=1S/C45H84NO7P/c1-3-5-7-9-11-13-15-17-19-20-21-22-23-24-25-26-28-30-32-34-36-38-45(47)53-44(43-52-54(48,49)51-41-39-46)42-50-40-37-35-33-31-29-27-18-16-14-12-10-8-6-4-2/h5,7,11,13,17,19,21-22,44H,3-4,6,8-10,12,14-16,18,20,23-43,46H2,1-2H3,(H,48,49)/b7-5-,13-11-,19-17-,22-21-. The fraction of sp³-hybridized carbons (Fsp3) is 0.800. The van der Waals surface area contributed by atoms with Crippen molar-refractivity contribution in [3.05, 3.63) is 48.6 Å². The van der Waals surface area contributed by atoms with Crippen LogP contribution in [0.25, 0.3) is 0 Å². The number of allylic oxidation sites excluding steroid dienone is 8. The molecule has 9 heteroatoms. The Bertz CT molecular complexity index is 968. The lowest BCUT2D eigenvalue weighted by atomic mass is 10.0. The minimum Gasteiger partial charge on any atom is -0.457 e. The highest BCUT2D eigenvalue weighted by molar-refractivity contribution is 7.47. The number of phosphoric acid groups is 1. The topological polar surface area (TPSA) is 117 Å². The smallest absolute Gasteiger partial charge is 0.457 e. The third kappa shape index (κ3) is 41.6. The molecule has 8 nitrogen and oxygen atoms in total. The van der Waals surface area contributed by atoms with Crippen molar-refractivity contribution < 1.29 is 32.8 Å². The van der Waals surface area contributed by atoms with Gasteiger partial charge in [-0.2, -0.15) is 0 Å². The van der Waals surface area contributed by atoms with Gasteiger partial charge in [0, 0.05) is 19.6 Å². The van der Waals surface area contributed by atoms with E-state index in [-0.39, 0.29) is 32.3 Å². The van der Waals surface area contributed by atoms with Gasteiger partial charge in [-0.15, -0.1) is 0 Å². The highest BCUT2D eigenvalue weighted by Crippen LogP contribution is 2.43. The van der Waals surface area contributed by atoms with Gasteiger partial charge in [0.25, 0.3) is 0 Å². The number of rotatable bonds is 42. The summed E-state index contributed by atoms with van der Waals surface area (Å²) in [7, 11) is -4.28. The summed E-state index contributed by atoms with van der Waals surface area (Å²) in [5, 5.41) is 0. The molecule has 0 aromatic rings. The molecular weight excluding hydrogens is 697 g/mol.